The van der Waals surface area contributed by atoms with E-state index in [9.17, 15) is 5.26 Å². The van der Waals surface area contributed by atoms with Crippen LogP contribution in [0.15, 0.2) is 36.5 Å². The molecule has 0 saturated heterocycles. The van der Waals surface area contributed by atoms with Crippen LogP contribution in [0.25, 0.3) is 16.6 Å². The monoisotopic (exact) mass is 277 g/mol. The first-order valence-electron chi connectivity index (χ1n) is 6.63. The van der Waals surface area contributed by atoms with Gasteiger partial charge in [-0.3, -0.25) is 0 Å². The highest BCUT2D eigenvalue weighted by molar-refractivity contribution is 5.85. The summed E-state index contributed by atoms with van der Waals surface area (Å²) in [6, 6.07) is 12.0. The molecule has 0 aliphatic rings. The molecule has 0 unspecified atom stereocenters. The van der Waals surface area contributed by atoms with Gasteiger partial charge in [0.25, 0.3) is 0 Å². The van der Waals surface area contributed by atoms with E-state index in [-0.39, 0.29) is 0 Å². The average Bonchev–Trinajstić information content (AvgIpc) is 2.97. The van der Waals surface area contributed by atoms with Gasteiger partial charge in [0.05, 0.1) is 11.7 Å². The van der Waals surface area contributed by atoms with Crippen LogP contribution < -0.4 is 11.5 Å². The third-order valence-electron chi connectivity index (χ3n) is 3.72. The Hall–Kier alpha value is -2.84. The van der Waals surface area contributed by atoms with Gasteiger partial charge in [-0.25, -0.2) is 4.52 Å². The summed E-state index contributed by atoms with van der Waals surface area (Å²) in [4.78, 5) is 0. The molecule has 2 heterocycles. The molecule has 3 rings (SSSR count). The average molecular weight is 277 g/mol. The lowest BCUT2D eigenvalue weighted by atomic mass is 9.92. The fourth-order valence-corrected chi connectivity index (χ4v) is 2.71. The maximum absolute atomic E-state index is 9.56. The molecule has 0 aliphatic carbocycles. The summed E-state index contributed by atoms with van der Waals surface area (Å²) < 4.78 is 1.57. The number of benzene rings is 1. The normalized spacial score (nSPS) is 10.7. The zero-order chi connectivity index (χ0) is 15.0. The third kappa shape index (κ3) is 1.85. The Kier molecular flexibility index (Phi) is 3.09. The van der Waals surface area contributed by atoms with Crippen LogP contribution in [0, 0.1) is 18.3 Å². The lowest BCUT2D eigenvalue weighted by Gasteiger charge is -2.16. The third-order valence-corrected chi connectivity index (χ3v) is 3.72. The van der Waals surface area contributed by atoms with Crippen LogP contribution in [0.3, 0.4) is 0 Å². The van der Waals surface area contributed by atoms with Gasteiger partial charge in [-0.1, -0.05) is 24.3 Å². The Morgan fingerprint density at radius 3 is 2.71 bits per heavy atom. The largest absolute Gasteiger partial charge is 0.383 e. The fourth-order valence-electron chi connectivity index (χ4n) is 2.71. The fraction of sp³-hybridized carbons (Fsp3) is 0.125. The minimum Gasteiger partial charge on any atom is -0.383 e. The summed E-state index contributed by atoms with van der Waals surface area (Å²) in [5.41, 5.74) is 17.1. The quantitative estimate of drug-likeness (QED) is 0.751. The number of hydrogen-bond donors (Lipinski definition) is 2. The summed E-state index contributed by atoms with van der Waals surface area (Å²) in [5.74, 6) is 0.341. The van der Waals surface area contributed by atoms with Crippen LogP contribution in [0.4, 0.5) is 5.82 Å². The van der Waals surface area contributed by atoms with Gasteiger partial charge in [-0.2, -0.15) is 10.4 Å². The van der Waals surface area contributed by atoms with Crippen LogP contribution in [0.5, 0.6) is 0 Å². The number of aryl methyl sites for hydroxylation is 1. The van der Waals surface area contributed by atoms with Crippen LogP contribution in [0.2, 0.25) is 0 Å². The molecular weight excluding hydrogens is 262 g/mol. The molecule has 104 valence electrons. The topological polar surface area (TPSA) is 93.1 Å². The zero-order valence-corrected chi connectivity index (χ0v) is 11.7. The van der Waals surface area contributed by atoms with Crippen molar-refractivity contribution in [2.24, 2.45) is 5.73 Å². The maximum Gasteiger partial charge on any atom is 0.144 e. The number of hydrogen-bond acceptors (Lipinski definition) is 4. The highest BCUT2D eigenvalue weighted by Crippen LogP contribution is 2.35. The summed E-state index contributed by atoms with van der Waals surface area (Å²) in [6.45, 7) is 2.32. The van der Waals surface area contributed by atoms with Gasteiger partial charge in [0, 0.05) is 17.7 Å². The maximum atomic E-state index is 9.56. The van der Waals surface area contributed by atoms with E-state index < -0.39 is 0 Å². The Bertz CT molecular complexity index is 870. The molecule has 0 saturated carbocycles. The Morgan fingerprint density at radius 1 is 1.29 bits per heavy atom. The number of anilines is 1. The van der Waals surface area contributed by atoms with Gasteiger partial charge < -0.3 is 11.5 Å². The standard InChI is InChI=1S/C16H15N5/c1-10-4-2-3-5-11(10)15-12(8-17)14-6-7-20-21(14)16(19)13(15)9-18/h2-7H,8,17,19H2,1H3. The highest BCUT2D eigenvalue weighted by atomic mass is 15.2. The van der Waals surface area contributed by atoms with E-state index in [1.54, 1.807) is 10.7 Å². The SMILES string of the molecule is Cc1ccccc1-c1c(C#N)c(N)n2nccc2c1CN. The van der Waals surface area contributed by atoms with Crippen molar-refractivity contribution in [1.82, 2.24) is 9.61 Å². The molecule has 21 heavy (non-hydrogen) atoms. The molecule has 0 fully saturated rings. The molecule has 1 aromatic carbocycles. The van der Waals surface area contributed by atoms with Crippen molar-refractivity contribution in [3.63, 3.8) is 0 Å². The number of nitriles is 1. The predicted molar refractivity (Wildman–Crippen MR) is 82.4 cm³/mol. The van der Waals surface area contributed by atoms with Gasteiger partial charge in [-0.15, -0.1) is 0 Å². The van der Waals surface area contributed by atoms with E-state index in [0.29, 0.717) is 17.9 Å². The Labute approximate surface area is 122 Å². The van der Waals surface area contributed by atoms with Gasteiger partial charge in [0.2, 0.25) is 0 Å². The van der Waals surface area contributed by atoms with E-state index in [2.05, 4.69) is 11.2 Å². The van der Waals surface area contributed by atoms with E-state index in [0.717, 1.165) is 27.8 Å². The molecule has 5 heteroatoms. The van der Waals surface area contributed by atoms with Crippen LogP contribution in [-0.4, -0.2) is 9.61 Å². The number of nitrogens with zero attached hydrogens (tertiary/aromatic N) is 3. The van der Waals surface area contributed by atoms with Gasteiger partial charge in [0.15, 0.2) is 0 Å². The van der Waals surface area contributed by atoms with E-state index in [4.69, 9.17) is 11.5 Å². The molecule has 4 N–H and O–H groups in total. The lowest BCUT2D eigenvalue weighted by molar-refractivity contribution is 0.950. The lowest BCUT2D eigenvalue weighted by Crippen LogP contribution is -2.10. The second-order valence-electron chi connectivity index (χ2n) is 4.87. The minimum absolute atomic E-state index is 0.313. The highest BCUT2D eigenvalue weighted by Gasteiger charge is 2.20. The number of fused-ring (bicyclic) bond motifs is 1. The first-order valence-corrected chi connectivity index (χ1v) is 6.63. The second kappa shape index (κ2) is 4.93. The molecule has 0 bridgehead atoms. The van der Waals surface area contributed by atoms with Crippen molar-refractivity contribution in [3.05, 3.63) is 53.2 Å². The Balaban J connectivity index is 2.52. The zero-order valence-electron chi connectivity index (χ0n) is 11.7. The number of nitrogen functional groups attached to an aromatic ring is 1. The van der Waals surface area contributed by atoms with Gasteiger partial charge in [-0.05, 0) is 24.1 Å². The van der Waals surface area contributed by atoms with E-state index in [1.165, 1.54) is 0 Å². The molecule has 0 atom stereocenters. The van der Waals surface area contributed by atoms with Crippen molar-refractivity contribution >= 4 is 11.3 Å². The molecule has 3 aromatic rings. The summed E-state index contributed by atoms with van der Waals surface area (Å²) in [6.07, 6.45) is 1.66. The summed E-state index contributed by atoms with van der Waals surface area (Å²) >= 11 is 0. The van der Waals surface area contributed by atoms with Crippen molar-refractivity contribution in [3.8, 4) is 17.2 Å². The molecule has 0 amide bonds. The molecule has 5 nitrogen and oxygen atoms in total. The van der Waals surface area contributed by atoms with Crippen molar-refractivity contribution in [1.29, 1.82) is 5.26 Å². The van der Waals surface area contributed by atoms with Crippen LogP contribution in [0.1, 0.15) is 16.7 Å². The van der Waals surface area contributed by atoms with Crippen LogP contribution >= 0.6 is 0 Å². The first kappa shape index (κ1) is 13.2. The second-order valence-corrected chi connectivity index (χ2v) is 4.87. The molecule has 0 spiro atoms. The molecule has 0 radical (unpaired) electrons. The predicted octanol–water partition coefficient (Wildman–Crippen LogP) is 2.22. The van der Waals surface area contributed by atoms with Gasteiger partial charge >= 0.3 is 0 Å². The summed E-state index contributed by atoms with van der Waals surface area (Å²) in [5, 5.41) is 13.7. The van der Waals surface area contributed by atoms with Crippen LogP contribution in [-0.2, 0) is 6.54 Å². The number of nitrogens with two attached hydrogens (primary N) is 2. The van der Waals surface area contributed by atoms with Gasteiger partial charge in [0.1, 0.15) is 17.5 Å². The minimum atomic E-state index is 0.313. The smallest absolute Gasteiger partial charge is 0.144 e. The van der Waals surface area contributed by atoms with Crippen molar-refractivity contribution < 1.29 is 0 Å². The molecule has 2 aromatic heterocycles. The van der Waals surface area contributed by atoms with Crippen molar-refractivity contribution in [2.45, 2.75) is 13.5 Å². The Morgan fingerprint density at radius 2 is 2.05 bits per heavy atom. The molecule has 0 aliphatic heterocycles. The van der Waals surface area contributed by atoms with Crippen molar-refractivity contribution in [2.75, 3.05) is 5.73 Å². The molecular formula is C16H15N5. The first-order chi connectivity index (χ1) is 10.2. The van der Waals surface area contributed by atoms with E-state index >= 15 is 0 Å². The number of rotatable bonds is 2. The number of pyridine rings is 1. The van der Waals surface area contributed by atoms with E-state index in [1.807, 2.05) is 37.3 Å². The number of aromatic nitrogens is 2. The summed E-state index contributed by atoms with van der Waals surface area (Å²) in [7, 11) is 0.